The third kappa shape index (κ3) is 15.4. The van der Waals surface area contributed by atoms with Crippen molar-refractivity contribution in [3.05, 3.63) is 0 Å². The zero-order valence-electron chi connectivity index (χ0n) is 22.5. The number of ether oxygens (including phenoxy) is 1. The first-order valence-corrected chi connectivity index (χ1v) is 14.6. The summed E-state index contributed by atoms with van der Waals surface area (Å²) in [7, 11) is 1.80. The van der Waals surface area contributed by atoms with E-state index in [4.69, 9.17) is 15.0 Å². The molecule has 0 amide bonds. The van der Waals surface area contributed by atoms with Crippen molar-refractivity contribution < 1.29 is 4.74 Å². The topological polar surface area (TPSA) is 34.0 Å². The van der Waals surface area contributed by atoms with Crippen molar-refractivity contribution in [1.29, 1.82) is 0 Å². The molecule has 32 heavy (non-hydrogen) atoms. The lowest BCUT2D eigenvalue weighted by atomic mass is 9.88. The summed E-state index contributed by atoms with van der Waals surface area (Å²) < 4.78 is 5.81. The van der Waals surface area contributed by atoms with Crippen LogP contribution in [-0.2, 0) is 4.74 Å². The molecule has 2 atom stereocenters. The largest absolute Gasteiger partial charge is 0.356 e. The normalized spacial score (nSPS) is 20.5. The number of hydrogen-bond donors (Lipinski definition) is 0. The summed E-state index contributed by atoms with van der Waals surface area (Å²) in [5.74, 6) is 0.691. The van der Waals surface area contributed by atoms with Gasteiger partial charge in [-0.25, -0.2) is 0 Å². The standard InChI is InChI=1S/C29H58N2O/c1-5-6-7-8-9-10-14-17-20-23-26-29(3,32-4)31-30-27(2)28-24-21-18-15-12-11-13-16-19-22-25-28/h27-28H,5-26H2,1-4H3/b31-30+. The van der Waals surface area contributed by atoms with Crippen molar-refractivity contribution in [2.45, 2.75) is 174 Å². The second kappa shape index (κ2) is 20.0. The second-order valence-electron chi connectivity index (χ2n) is 10.8. The molecule has 3 nitrogen and oxygen atoms in total. The summed E-state index contributed by atoms with van der Waals surface area (Å²) in [5.41, 5.74) is -0.445. The smallest absolute Gasteiger partial charge is 0.175 e. The van der Waals surface area contributed by atoms with Gasteiger partial charge in [-0.2, -0.15) is 10.2 Å². The second-order valence-corrected chi connectivity index (χ2v) is 10.8. The zero-order chi connectivity index (χ0) is 23.3. The Labute approximate surface area is 202 Å². The SMILES string of the molecule is CCCCCCCCCCCCC(C)(/N=N/C(C)C1CCCCCCCCCCC1)OC. The molecular weight excluding hydrogens is 392 g/mol. The third-order valence-electron chi connectivity index (χ3n) is 7.72. The lowest BCUT2D eigenvalue weighted by Gasteiger charge is -2.25. The average molecular weight is 451 g/mol. The van der Waals surface area contributed by atoms with Gasteiger partial charge in [-0.1, -0.05) is 122 Å². The molecular formula is C29H58N2O. The molecule has 0 spiro atoms. The molecule has 0 heterocycles. The molecule has 190 valence electrons. The Balaban J connectivity index is 2.31. The molecule has 2 unspecified atom stereocenters. The van der Waals surface area contributed by atoms with Gasteiger partial charge in [-0.15, -0.1) is 0 Å². The average Bonchev–Trinajstić information content (AvgIpc) is 2.79. The van der Waals surface area contributed by atoms with Gasteiger partial charge in [-0.05, 0) is 45.4 Å². The van der Waals surface area contributed by atoms with Gasteiger partial charge in [0, 0.05) is 7.11 Å². The summed E-state index contributed by atoms with van der Waals surface area (Å²) in [6, 6.07) is 0.320. The first kappa shape index (κ1) is 29.6. The van der Waals surface area contributed by atoms with Gasteiger partial charge in [0.25, 0.3) is 0 Å². The predicted octanol–water partition coefficient (Wildman–Crippen LogP) is 10.4. The van der Waals surface area contributed by atoms with Crippen molar-refractivity contribution in [3.63, 3.8) is 0 Å². The fourth-order valence-corrected chi connectivity index (χ4v) is 5.12. The van der Waals surface area contributed by atoms with E-state index in [0.717, 1.165) is 6.42 Å². The quantitative estimate of drug-likeness (QED) is 0.180. The van der Waals surface area contributed by atoms with Crippen molar-refractivity contribution >= 4 is 0 Å². The van der Waals surface area contributed by atoms with Crippen LogP contribution in [0.4, 0.5) is 0 Å². The van der Waals surface area contributed by atoms with E-state index < -0.39 is 5.72 Å². The van der Waals surface area contributed by atoms with Gasteiger partial charge >= 0.3 is 0 Å². The maximum atomic E-state index is 5.81. The van der Waals surface area contributed by atoms with Gasteiger partial charge in [0.15, 0.2) is 5.72 Å². The van der Waals surface area contributed by atoms with E-state index in [2.05, 4.69) is 20.8 Å². The van der Waals surface area contributed by atoms with E-state index in [0.29, 0.717) is 12.0 Å². The van der Waals surface area contributed by atoms with E-state index in [1.807, 2.05) is 0 Å². The van der Waals surface area contributed by atoms with Crippen LogP contribution in [0.25, 0.3) is 0 Å². The van der Waals surface area contributed by atoms with Crippen LogP contribution >= 0.6 is 0 Å². The van der Waals surface area contributed by atoms with E-state index in [9.17, 15) is 0 Å². The minimum atomic E-state index is -0.445. The summed E-state index contributed by atoms with van der Waals surface area (Å²) >= 11 is 0. The molecule has 1 saturated carbocycles. The fourth-order valence-electron chi connectivity index (χ4n) is 5.12. The molecule has 1 rings (SSSR count). The number of methoxy groups -OCH3 is 1. The molecule has 0 aromatic carbocycles. The Kier molecular flexibility index (Phi) is 18.5. The third-order valence-corrected chi connectivity index (χ3v) is 7.72. The summed E-state index contributed by atoms with van der Waals surface area (Å²) in [6.45, 7) is 6.70. The molecule has 0 aromatic heterocycles. The van der Waals surface area contributed by atoms with Crippen LogP contribution in [0.2, 0.25) is 0 Å². The zero-order valence-corrected chi connectivity index (χ0v) is 22.5. The highest BCUT2D eigenvalue weighted by Crippen LogP contribution is 2.27. The minimum absolute atomic E-state index is 0.320. The number of rotatable bonds is 15. The van der Waals surface area contributed by atoms with Gasteiger partial charge in [0.2, 0.25) is 0 Å². The number of unbranched alkanes of at least 4 members (excludes halogenated alkanes) is 9. The lowest BCUT2D eigenvalue weighted by Crippen LogP contribution is -2.25. The fraction of sp³-hybridized carbons (Fsp3) is 1.00. The van der Waals surface area contributed by atoms with Gasteiger partial charge in [0.1, 0.15) is 0 Å². The molecule has 0 N–H and O–H groups in total. The van der Waals surface area contributed by atoms with Gasteiger partial charge in [-0.3, -0.25) is 0 Å². The van der Waals surface area contributed by atoms with E-state index in [1.165, 1.54) is 135 Å². The predicted molar refractivity (Wildman–Crippen MR) is 140 cm³/mol. The molecule has 1 aliphatic carbocycles. The number of azo groups is 1. The lowest BCUT2D eigenvalue weighted by molar-refractivity contribution is -0.00336. The van der Waals surface area contributed by atoms with E-state index in [1.54, 1.807) is 7.11 Å². The minimum Gasteiger partial charge on any atom is -0.356 e. The molecule has 1 fully saturated rings. The van der Waals surface area contributed by atoms with Gasteiger partial charge < -0.3 is 4.74 Å². The highest BCUT2D eigenvalue weighted by atomic mass is 16.5. The van der Waals surface area contributed by atoms with Crippen LogP contribution in [0, 0.1) is 5.92 Å². The Morgan fingerprint density at radius 1 is 0.719 bits per heavy atom. The van der Waals surface area contributed by atoms with Crippen LogP contribution in [0.3, 0.4) is 0 Å². The van der Waals surface area contributed by atoms with E-state index in [-0.39, 0.29) is 0 Å². The van der Waals surface area contributed by atoms with Crippen molar-refractivity contribution in [2.75, 3.05) is 7.11 Å². The molecule has 0 aromatic rings. The summed E-state index contributed by atoms with van der Waals surface area (Å²) in [6.07, 6.45) is 30.0. The Morgan fingerprint density at radius 2 is 1.16 bits per heavy atom. The monoisotopic (exact) mass is 450 g/mol. The van der Waals surface area contributed by atoms with Crippen LogP contribution < -0.4 is 0 Å². The number of hydrogen-bond acceptors (Lipinski definition) is 3. The van der Waals surface area contributed by atoms with Crippen molar-refractivity contribution in [1.82, 2.24) is 0 Å². The first-order chi connectivity index (χ1) is 15.6. The highest BCUT2D eigenvalue weighted by molar-refractivity contribution is 4.75. The van der Waals surface area contributed by atoms with Crippen molar-refractivity contribution in [3.8, 4) is 0 Å². The van der Waals surface area contributed by atoms with Crippen LogP contribution in [-0.4, -0.2) is 18.9 Å². The van der Waals surface area contributed by atoms with Gasteiger partial charge in [0.05, 0.1) is 6.04 Å². The molecule has 3 heteroatoms. The first-order valence-electron chi connectivity index (χ1n) is 14.6. The van der Waals surface area contributed by atoms with E-state index >= 15 is 0 Å². The summed E-state index contributed by atoms with van der Waals surface area (Å²) in [5, 5.41) is 9.58. The molecule has 0 radical (unpaired) electrons. The Hall–Kier alpha value is -0.440. The van der Waals surface area contributed by atoms with Crippen LogP contribution in [0.15, 0.2) is 10.2 Å². The Morgan fingerprint density at radius 3 is 1.62 bits per heavy atom. The van der Waals surface area contributed by atoms with Crippen LogP contribution in [0.5, 0.6) is 0 Å². The molecule has 1 aliphatic rings. The molecule has 0 aliphatic heterocycles. The van der Waals surface area contributed by atoms with Crippen LogP contribution in [0.1, 0.15) is 162 Å². The Bertz CT molecular complexity index is 427. The maximum absolute atomic E-state index is 5.81. The van der Waals surface area contributed by atoms with Crippen molar-refractivity contribution in [2.24, 2.45) is 16.1 Å². The summed E-state index contributed by atoms with van der Waals surface area (Å²) in [4.78, 5) is 0. The maximum Gasteiger partial charge on any atom is 0.175 e. The molecule has 0 saturated heterocycles. The highest BCUT2D eigenvalue weighted by Gasteiger charge is 2.24. The molecule has 0 bridgehead atoms. The number of nitrogens with zero attached hydrogens (tertiary/aromatic N) is 2.